The fraction of sp³-hybridized carbons (Fsp3) is 0.357. The topological polar surface area (TPSA) is 94.6 Å². The maximum absolute atomic E-state index is 14.5. The van der Waals surface area contributed by atoms with Crippen LogP contribution >= 0.6 is 0 Å². The minimum atomic E-state index is -2.87. The summed E-state index contributed by atoms with van der Waals surface area (Å²) in [7, 11) is 1.57. The number of aliphatic hydroxyl groups is 1. The van der Waals surface area contributed by atoms with Crippen molar-refractivity contribution in [1.82, 2.24) is 4.57 Å². The van der Waals surface area contributed by atoms with Gasteiger partial charge in [0.05, 0.1) is 10.4 Å². The van der Waals surface area contributed by atoms with E-state index in [0.717, 1.165) is 0 Å². The molecule has 0 aliphatic carbocycles. The Morgan fingerprint density at radius 1 is 1.55 bits per heavy atom. The van der Waals surface area contributed by atoms with Crippen LogP contribution in [0.15, 0.2) is 24.4 Å². The number of fused-ring (bicyclic) bond motifs is 1. The molecule has 2 aromatic rings. The summed E-state index contributed by atoms with van der Waals surface area (Å²) in [4.78, 5) is 21.3. The molecule has 0 aliphatic rings. The van der Waals surface area contributed by atoms with Crippen molar-refractivity contribution < 1.29 is 24.0 Å². The molecule has 1 unspecified atom stereocenters. The molecule has 0 saturated carbocycles. The lowest BCUT2D eigenvalue weighted by molar-refractivity contribution is -0.384. The van der Waals surface area contributed by atoms with Crippen molar-refractivity contribution in [2.75, 3.05) is 6.61 Å². The van der Waals surface area contributed by atoms with Gasteiger partial charge in [0.15, 0.2) is 6.61 Å². The highest BCUT2D eigenvalue weighted by Gasteiger charge is 2.34. The van der Waals surface area contributed by atoms with E-state index in [9.17, 15) is 24.4 Å². The fourth-order valence-corrected chi connectivity index (χ4v) is 2.15. The number of ether oxygens (including phenoxy) is 1. The van der Waals surface area contributed by atoms with Crippen molar-refractivity contribution in [3.8, 4) is 0 Å². The maximum Gasteiger partial charge on any atom is 0.305 e. The molecule has 0 fully saturated rings. The lowest BCUT2D eigenvalue weighted by atomic mass is 10.1. The number of hydrogen-bond acceptors (Lipinski definition) is 5. The monoisotopic (exact) mass is 310 g/mol. The van der Waals surface area contributed by atoms with Crippen molar-refractivity contribution in [2.24, 2.45) is 7.05 Å². The largest absolute Gasteiger partial charge is 0.459 e. The van der Waals surface area contributed by atoms with E-state index in [1.807, 2.05) is 0 Å². The third-order valence-electron chi connectivity index (χ3n) is 3.31. The number of esters is 1. The van der Waals surface area contributed by atoms with E-state index >= 15 is 0 Å². The minimum absolute atomic E-state index is 0.0673. The van der Waals surface area contributed by atoms with Gasteiger partial charge in [0, 0.05) is 42.7 Å². The van der Waals surface area contributed by atoms with Crippen LogP contribution in [-0.4, -0.2) is 27.2 Å². The number of carbonyl (C=O) groups is 1. The number of nitrogens with zero attached hydrogens (tertiary/aromatic N) is 2. The number of aryl methyl sites for hydroxylation is 1. The zero-order valence-electron chi connectivity index (χ0n) is 12.1. The average Bonchev–Trinajstić information content (AvgIpc) is 2.82. The summed E-state index contributed by atoms with van der Waals surface area (Å²) in [6.45, 7) is 0.715. The number of alkyl halides is 1. The molecule has 7 nitrogen and oxygen atoms in total. The van der Waals surface area contributed by atoms with Crippen LogP contribution in [0.2, 0.25) is 0 Å². The third kappa shape index (κ3) is 2.91. The van der Waals surface area contributed by atoms with E-state index in [1.54, 1.807) is 14.0 Å². The zero-order valence-corrected chi connectivity index (χ0v) is 12.1. The third-order valence-corrected chi connectivity index (χ3v) is 3.31. The molecule has 0 bridgehead atoms. The van der Waals surface area contributed by atoms with Crippen LogP contribution < -0.4 is 0 Å². The van der Waals surface area contributed by atoms with Gasteiger partial charge >= 0.3 is 5.97 Å². The Morgan fingerprint density at radius 2 is 2.23 bits per heavy atom. The van der Waals surface area contributed by atoms with E-state index in [4.69, 9.17) is 0 Å². The van der Waals surface area contributed by atoms with Gasteiger partial charge in [0.2, 0.25) is 0 Å². The van der Waals surface area contributed by atoms with Crippen LogP contribution in [0.25, 0.3) is 10.9 Å². The van der Waals surface area contributed by atoms with Crippen LogP contribution in [0, 0.1) is 10.1 Å². The van der Waals surface area contributed by atoms with Crippen molar-refractivity contribution in [3.63, 3.8) is 0 Å². The molecule has 2 rings (SSSR count). The van der Waals surface area contributed by atoms with E-state index < -0.39 is 23.4 Å². The van der Waals surface area contributed by atoms with Crippen molar-refractivity contribution in [3.05, 3.63) is 40.1 Å². The predicted molar refractivity (Wildman–Crippen MR) is 75.8 cm³/mol. The van der Waals surface area contributed by atoms with Crippen LogP contribution in [0.3, 0.4) is 0 Å². The second-order valence-corrected chi connectivity index (χ2v) is 4.89. The molecule has 1 atom stereocenters. The second-order valence-electron chi connectivity index (χ2n) is 4.89. The fourth-order valence-electron chi connectivity index (χ4n) is 2.15. The second kappa shape index (κ2) is 5.72. The number of nitro groups is 1. The van der Waals surface area contributed by atoms with Crippen LogP contribution in [0.4, 0.5) is 10.1 Å². The summed E-state index contributed by atoms with van der Waals surface area (Å²) in [5, 5.41) is 21.0. The van der Waals surface area contributed by atoms with E-state index in [-0.39, 0.29) is 17.7 Å². The molecule has 0 amide bonds. The summed E-state index contributed by atoms with van der Waals surface area (Å²) in [5.41, 5.74) is 0.144. The summed E-state index contributed by atoms with van der Waals surface area (Å²) in [5.74, 6) is -3.51. The first-order valence-electron chi connectivity index (χ1n) is 6.57. The number of hydrogen-bond donors (Lipinski definition) is 1. The molecule has 1 aromatic carbocycles. The molecule has 0 aliphatic heterocycles. The summed E-state index contributed by atoms with van der Waals surface area (Å²) in [6.07, 6.45) is 1.38. The zero-order chi connectivity index (χ0) is 16.5. The Hall–Kier alpha value is -2.48. The summed E-state index contributed by atoms with van der Waals surface area (Å²) < 4.78 is 20.6. The summed E-state index contributed by atoms with van der Waals surface area (Å²) >= 11 is 0. The van der Waals surface area contributed by atoms with Gasteiger partial charge in [-0.3, -0.25) is 14.9 Å². The number of aromatic nitrogens is 1. The molecule has 22 heavy (non-hydrogen) atoms. The molecule has 1 aromatic heterocycles. The van der Waals surface area contributed by atoms with Gasteiger partial charge in [0.25, 0.3) is 11.5 Å². The van der Waals surface area contributed by atoms with Crippen molar-refractivity contribution in [1.29, 1.82) is 0 Å². The number of rotatable bonds is 5. The Bertz CT molecular complexity index is 738. The SMILES string of the molecule is CCC(=O)OCC(O)(F)c1cn(C)c2cc([N+](=O)[O-])ccc12. The number of nitro benzene ring substituents is 1. The highest BCUT2D eigenvalue weighted by atomic mass is 19.2. The number of carbonyl (C=O) groups excluding carboxylic acids is 1. The molecule has 1 N–H and O–H groups in total. The standard InChI is InChI=1S/C14H15FN2O5/c1-3-13(18)22-8-14(15,19)11-7-16(2)12-6-9(17(20)21)4-5-10(11)12/h4-7,19H,3,8H2,1-2H3. The Balaban J connectivity index is 2.43. The normalized spacial score (nSPS) is 13.8. The van der Waals surface area contributed by atoms with Gasteiger partial charge in [-0.25, -0.2) is 4.39 Å². The van der Waals surface area contributed by atoms with E-state index in [1.165, 1.54) is 29.0 Å². The van der Waals surface area contributed by atoms with Gasteiger partial charge in [-0.05, 0) is 6.07 Å². The molecule has 0 radical (unpaired) electrons. The van der Waals surface area contributed by atoms with Gasteiger partial charge in [0.1, 0.15) is 0 Å². The first-order chi connectivity index (χ1) is 10.3. The number of benzene rings is 1. The van der Waals surface area contributed by atoms with Crippen LogP contribution in [0.5, 0.6) is 0 Å². The quantitative estimate of drug-likeness (QED) is 0.519. The smallest absolute Gasteiger partial charge is 0.305 e. The molecule has 0 spiro atoms. The number of non-ortho nitro benzene ring substituents is 1. The van der Waals surface area contributed by atoms with Gasteiger partial charge in [-0.1, -0.05) is 6.92 Å². The van der Waals surface area contributed by atoms with E-state index in [0.29, 0.717) is 10.9 Å². The van der Waals surface area contributed by atoms with Crippen LogP contribution in [0.1, 0.15) is 18.9 Å². The van der Waals surface area contributed by atoms with Crippen LogP contribution in [-0.2, 0) is 22.4 Å². The highest BCUT2D eigenvalue weighted by Crippen LogP contribution is 2.33. The van der Waals surface area contributed by atoms with E-state index in [2.05, 4.69) is 4.74 Å². The average molecular weight is 310 g/mol. The lowest BCUT2D eigenvalue weighted by Gasteiger charge is -2.18. The number of halogens is 1. The molecular weight excluding hydrogens is 295 g/mol. The molecular formula is C14H15FN2O5. The van der Waals surface area contributed by atoms with Crippen molar-refractivity contribution >= 4 is 22.6 Å². The Labute approximate surface area is 125 Å². The Kier molecular flexibility index (Phi) is 4.14. The molecule has 118 valence electrons. The minimum Gasteiger partial charge on any atom is -0.459 e. The first kappa shape index (κ1) is 15.9. The lowest BCUT2D eigenvalue weighted by Crippen LogP contribution is -2.27. The first-order valence-corrected chi connectivity index (χ1v) is 6.57. The molecule has 1 heterocycles. The maximum atomic E-state index is 14.5. The highest BCUT2D eigenvalue weighted by molar-refractivity contribution is 5.86. The summed E-state index contributed by atoms with van der Waals surface area (Å²) in [6, 6.07) is 3.86. The van der Waals surface area contributed by atoms with Crippen molar-refractivity contribution in [2.45, 2.75) is 19.2 Å². The van der Waals surface area contributed by atoms with Gasteiger partial charge in [-0.15, -0.1) is 0 Å². The van der Waals surface area contributed by atoms with Gasteiger partial charge < -0.3 is 14.4 Å². The Morgan fingerprint density at radius 3 is 2.82 bits per heavy atom. The molecule has 0 saturated heterocycles. The molecule has 8 heteroatoms. The predicted octanol–water partition coefficient (Wildman–Crippen LogP) is 2.15. The van der Waals surface area contributed by atoms with Gasteiger partial charge in [-0.2, -0.15) is 0 Å².